The number of nitro benzene ring substituents is 1. The smallest absolute Gasteiger partial charge is 0.343 e. The summed E-state index contributed by atoms with van der Waals surface area (Å²) in [5, 5.41) is 10.8. The molecular weight excluding hydrogens is 502 g/mol. The van der Waals surface area contributed by atoms with Gasteiger partial charge in [-0.2, -0.15) is 0 Å². The molecule has 0 aliphatic rings. The number of nitrogens with zero attached hydrogens (tertiary/aromatic N) is 1. The lowest BCUT2D eigenvalue weighted by molar-refractivity contribution is -0.384. The fourth-order valence-corrected chi connectivity index (χ4v) is 3.24. The van der Waals surface area contributed by atoms with E-state index in [1.807, 2.05) is 36.4 Å². The molecule has 0 bridgehead atoms. The molecule has 0 heterocycles. The first-order valence-electron chi connectivity index (χ1n) is 10.2. The zero-order valence-electron chi connectivity index (χ0n) is 17.7. The monoisotopic (exact) mass is 519 g/mol. The van der Waals surface area contributed by atoms with E-state index in [0.717, 1.165) is 15.8 Å². The van der Waals surface area contributed by atoms with E-state index in [1.165, 1.54) is 24.3 Å². The SMILES string of the molecule is O=C(Oc1cccc(Oc2ccc([N+](=O)[O-])cc2)c1)c1ccc(COc2ccc(Br)cc2)cc1. The third kappa shape index (κ3) is 6.20. The number of halogens is 1. The van der Waals surface area contributed by atoms with Gasteiger partial charge in [-0.05, 0) is 66.2 Å². The van der Waals surface area contributed by atoms with Gasteiger partial charge in [-0.15, -0.1) is 0 Å². The van der Waals surface area contributed by atoms with Gasteiger partial charge in [0.15, 0.2) is 0 Å². The van der Waals surface area contributed by atoms with Crippen LogP contribution in [0, 0.1) is 10.1 Å². The van der Waals surface area contributed by atoms with Crippen LogP contribution in [0.3, 0.4) is 0 Å². The van der Waals surface area contributed by atoms with Crippen molar-refractivity contribution in [2.24, 2.45) is 0 Å². The average molecular weight is 520 g/mol. The molecule has 0 unspecified atom stereocenters. The highest BCUT2D eigenvalue weighted by Gasteiger charge is 2.10. The van der Waals surface area contributed by atoms with Crippen molar-refractivity contribution >= 4 is 27.6 Å². The number of ether oxygens (including phenoxy) is 3. The molecule has 7 nitrogen and oxygen atoms in total. The summed E-state index contributed by atoms with van der Waals surface area (Å²) in [7, 11) is 0. The first-order chi connectivity index (χ1) is 16.5. The largest absolute Gasteiger partial charge is 0.489 e. The third-order valence-corrected chi connectivity index (χ3v) is 5.24. The Kier molecular flexibility index (Phi) is 7.19. The normalized spacial score (nSPS) is 10.4. The molecule has 0 aromatic heterocycles. The molecule has 170 valence electrons. The van der Waals surface area contributed by atoms with Gasteiger partial charge in [0, 0.05) is 22.7 Å². The summed E-state index contributed by atoms with van der Waals surface area (Å²) in [6.07, 6.45) is 0. The minimum Gasteiger partial charge on any atom is -0.489 e. The summed E-state index contributed by atoms with van der Waals surface area (Å²) >= 11 is 3.39. The lowest BCUT2D eigenvalue weighted by Crippen LogP contribution is -2.08. The van der Waals surface area contributed by atoms with Crippen molar-refractivity contribution < 1.29 is 23.9 Å². The van der Waals surface area contributed by atoms with Crippen molar-refractivity contribution in [3.63, 3.8) is 0 Å². The maximum Gasteiger partial charge on any atom is 0.343 e. The number of hydrogen-bond acceptors (Lipinski definition) is 6. The van der Waals surface area contributed by atoms with E-state index in [9.17, 15) is 14.9 Å². The van der Waals surface area contributed by atoms with Crippen molar-refractivity contribution in [1.29, 1.82) is 0 Å². The average Bonchev–Trinajstić information content (AvgIpc) is 2.84. The molecule has 34 heavy (non-hydrogen) atoms. The number of carbonyl (C=O) groups is 1. The number of carbonyl (C=O) groups excluding carboxylic acids is 1. The molecule has 0 N–H and O–H groups in total. The first-order valence-corrected chi connectivity index (χ1v) is 11.0. The van der Waals surface area contributed by atoms with Gasteiger partial charge in [0.1, 0.15) is 29.6 Å². The number of hydrogen-bond donors (Lipinski definition) is 0. The Bertz CT molecular complexity index is 1290. The summed E-state index contributed by atoms with van der Waals surface area (Å²) in [6.45, 7) is 0.374. The summed E-state index contributed by atoms with van der Waals surface area (Å²) in [4.78, 5) is 22.8. The predicted octanol–water partition coefficient (Wildman–Crippen LogP) is 6.95. The molecule has 0 aliphatic carbocycles. The molecule has 0 saturated carbocycles. The van der Waals surface area contributed by atoms with E-state index in [-0.39, 0.29) is 5.69 Å². The third-order valence-electron chi connectivity index (χ3n) is 4.71. The van der Waals surface area contributed by atoms with Crippen LogP contribution in [0.4, 0.5) is 5.69 Å². The van der Waals surface area contributed by atoms with E-state index in [4.69, 9.17) is 14.2 Å². The Balaban J connectivity index is 1.34. The number of esters is 1. The van der Waals surface area contributed by atoms with Gasteiger partial charge < -0.3 is 14.2 Å². The van der Waals surface area contributed by atoms with Crippen molar-refractivity contribution in [3.05, 3.63) is 123 Å². The molecular formula is C26H18BrNO6. The van der Waals surface area contributed by atoms with Gasteiger partial charge in [0.05, 0.1) is 10.5 Å². The van der Waals surface area contributed by atoms with Crippen LogP contribution in [0.5, 0.6) is 23.0 Å². The number of nitro groups is 1. The number of rotatable bonds is 8. The minimum absolute atomic E-state index is 0.0269. The van der Waals surface area contributed by atoms with Gasteiger partial charge >= 0.3 is 5.97 Å². The van der Waals surface area contributed by atoms with Crippen LogP contribution < -0.4 is 14.2 Å². The quantitative estimate of drug-likeness (QED) is 0.108. The first kappa shape index (κ1) is 23.0. The number of non-ortho nitro benzene ring substituents is 1. The molecule has 0 amide bonds. The molecule has 0 fully saturated rings. The molecule has 8 heteroatoms. The summed E-state index contributed by atoms with van der Waals surface area (Å²) in [5.74, 6) is 1.41. The highest BCUT2D eigenvalue weighted by molar-refractivity contribution is 9.10. The van der Waals surface area contributed by atoms with Crippen molar-refractivity contribution in [2.45, 2.75) is 6.61 Å². The van der Waals surface area contributed by atoms with Gasteiger partial charge in [0.2, 0.25) is 0 Å². The molecule has 0 saturated heterocycles. The number of benzene rings is 4. The Morgan fingerprint density at radius 1 is 0.794 bits per heavy atom. The summed E-state index contributed by atoms with van der Waals surface area (Å²) < 4.78 is 17.9. The molecule has 0 atom stereocenters. The topological polar surface area (TPSA) is 87.9 Å². The molecule has 4 aromatic rings. The van der Waals surface area contributed by atoms with Crippen LogP contribution in [0.2, 0.25) is 0 Å². The van der Waals surface area contributed by atoms with Crippen molar-refractivity contribution in [1.82, 2.24) is 0 Å². The molecule has 4 aromatic carbocycles. The fourth-order valence-electron chi connectivity index (χ4n) is 2.97. The maximum atomic E-state index is 12.5. The maximum absolute atomic E-state index is 12.5. The summed E-state index contributed by atoms with van der Waals surface area (Å²) in [6, 6.07) is 26.8. The Morgan fingerprint density at radius 3 is 2.12 bits per heavy atom. The van der Waals surface area contributed by atoms with Crippen LogP contribution in [-0.2, 0) is 6.61 Å². The van der Waals surface area contributed by atoms with Crippen LogP contribution >= 0.6 is 15.9 Å². The zero-order chi connectivity index (χ0) is 23.9. The summed E-state index contributed by atoms with van der Waals surface area (Å²) in [5.41, 5.74) is 1.29. The van der Waals surface area contributed by atoms with E-state index >= 15 is 0 Å². The van der Waals surface area contributed by atoms with Gasteiger partial charge in [0.25, 0.3) is 5.69 Å². The second-order valence-electron chi connectivity index (χ2n) is 7.16. The predicted molar refractivity (Wildman–Crippen MR) is 129 cm³/mol. The van der Waals surface area contributed by atoms with E-state index in [0.29, 0.717) is 29.4 Å². The Labute approximate surface area is 203 Å². The zero-order valence-corrected chi connectivity index (χ0v) is 19.3. The van der Waals surface area contributed by atoms with Crippen LogP contribution in [0.25, 0.3) is 0 Å². The highest BCUT2D eigenvalue weighted by Crippen LogP contribution is 2.27. The highest BCUT2D eigenvalue weighted by atomic mass is 79.9. The van der Waals surface area contributed by atoms with Crippen LogP contribution in [-0.4, -0.2) is 10.9 Å². The second-order valence-corrected chi connectivity index (χ2v) is 8.07. The van der Waals surface area contributed by atoms with Gasteiger partial charge in [-0.25, -0.2) is 4.79 Å². The van der Waals surface area contributed by atoms with E-state index in [2.05, 4.69) is 15.9 Å². The Morgan fingerprint density at radius 2 is 1.44 bits per heavy atom. The molecule has 0 spiro atoms. The van der Waals surface area contributed by atoms with Crippen LogP contribution in [0.15, 0.2) is 102 Å². The van der Waals surface area contributed by atoms with E-state index in [1.54, 1.807) is 36.4 Å². The molecule has 0 radical (unpaired) electrons. The van der Waals surface area contributed by atoms with Crippen molar-refractivity contribution in [3.8, 4) is 23.0 Å². The fraction of sp³-hybridized carbons (Fsp3) is 0.0385. The molecule has 4 rings (SSSR count). The van der Waals surface area contributed by atoms with E-state index < -0.39 is 10.9 Å². The minimum atomic E-state index is -0.507. The standard InChI is InChI=1S/C26H18BrNO6/c27-20-8-12-22(13-9-20)32-17-18-4-6-19(7-5-18)26(29)34-25-3-1-2-24(16-25)33-23-14-10-21(11-15-23)28(30)31/h1-16H,17H2. The lowest BCUT2D eigenvalue weighted by atomic mass is 10.1. The lowest BCUT2D eigenvalue weighted by Gasteiger charge is -2.09. The van der Waals surface area contributed by atoms with Gasteiger partial charge in [-0.1, -0.05) is 34.1 Å². The van der Waals surface area contributed by atoms with Gasteiger partial charge in [-0.3, -0.25) is 10.1 Å². The molecule has 0 aliphatic heterocycles. The van der Waals surface area contributed by atoms with Crippen LogP contribution in [0.1, 0.15) is 15.9 Å². The Hall–Kier alpha value is -4.17. The van der Waals surface area contributed by atoms with Crippen molar-refractivity contribution in [2.75, 3.05) is 0 Å². The second kappa shape index (κ2) is 10.6.